The van der Waals surface area contributed by atoms with Gasteiger partial charge in [0.2, 0.25) is 0 Å². The maximum atomic E-state index is 13.2. The van der Waals surface area contributed by atoms with Crippen LogP contribution < -0.4 is 4.74 Å². The summed E-state index contributed by atoms with van der Waals surface area (Å²) in [7, 11) is 3.15. The van der Waals surface area contributed by atoms with Gasteiger partial charge in [0.05, 0.1) is 4.91 Å². The fraction of sp³-hybridized carbons (Fsp3) is 0.167. The Bertz CT molecular complexity index is 1330. The third kappa shape index (κ3) is 5.67. The van der Waals surface area contributed by atoms with E-state index >= 15 is 0 Å². The maximum absolute atomic E-state index is 13.2. The lowest BCUT2D eigenvalue weighted by Crippen LogP contribution is -2.48. The van der Waals surface area contributed by atoms with E-state index in [1.807, 2.05) is 44.2 Å². The molecule has 34 heavy (non-hydrogen) atoms. The van der Waals surface area contributed by atoms with Gasteiger partial charge in [0.15, 0.2) is 0 Å². The predicted molar refractivity (Wildman–Crippen MR) is 149 cm³/mol. The molecule has 2 heterocycles. The van der Waals surface area contributed by atoms with Crippen LogP contribution >= 0.6 is 68.5 Å². The number of carbonyl (C=O) groups excluding carboxylic acids is 2. The summed E-state index contributed by atoms with van der Waals surface area (Å²) in [5, 5.41) is 0.612. The van der Waals surface area contributed by atoms with E-state index in [1.165, 1.54) is 16.7 Å². The second kappa shape index (κ2) is 10.8. The number of thiocarbonyl (C=S) groups is 1. The van der Waals surface area contributed by atoms with Crippen molar-refractivity contribution in [2.75, 3.05) is 0 Å². The topological polar surface area (TPSA) is 46.6 Å². The maximum Gasteiger partial charge on any atom is 0.334 e. The first kappa shape index (κ1) is 25.2. The molecule has 0 aliphatic carbocycles. The van der Waals surface area contributed by atoms with Crippen molar-refractivity contribution in [3.63, 3.8) is 0 Å². The zero-order valence-corrected chi connectivity index (χ0v) is 22.9. The van der Waals surface area contributed by atoms with Crippen molar-refractivity contribution in [1.82, 2.24) is 4.90 Å². The number of carbonyl (C=O) groups is 2. The third-order valence-electron chi connectivity index (χ3n) is 4.96. The van der Waals surface area contributed by atoms with Gasteiger partial charge in [-0.15, -0.1) is 0 Å². The molecule has 174 valence electrons. The molecule has 0 saturated carbocycles. The van der Waals surface area contributed by atoms with Gasteiger partial charge in [-0.2, -0.15) is 0 Å². The molecule has 1 saturated heterocycles. The average Bonchev–Trinajstić information content (AvgIpc) is 3.34. The van der Waals surface area contributed by atoms with Crippen LogP contribution in [-0.2, 0) is 9.59 Å². The molecular weight excluding hydrogens is 546 g/mol. The molecule has 0 radical (unpaired) electrons. The fourth-order valence-electron chi connectivity index (χ4n) is 3.34. The number of esters is 1. The molecule has 1 aliphatic rings. The summed E-state index contributed by atoms with van der Waals surface area (Å²) in [6.07, 6.45) is 1.75. The number of ether oxygens (including phenoxy) is 1. The van der Waals surface area contributed by atoms with Crippen molar-refractivity contribution in [3.05, 3.63) is 73.9 Å². The second-order valence-corrected chi connectivity index (χ2v) is 12.8. The quantitative estimate of drug-likeness (QED) is 0.101. The van der Waals surface area contributed by atoms with E-state index in [9.17, 15) is 9.59 Å². The Morgan fingerprint density at radius 3 is 2.32 bits per heavy atom. The molecule has 2 aromatic carbocycles. The van der Waals surface area contributed by atoms with Gasteiger partial charge in [0, 0.05) is 9.90 Å². The van der Waals surface area contributed by atoms with Crippen LogP contribution in [0.1, 0.15) is 19.4 Å². The molecule has 1 atom stereocenters. The van der Waals surface area contributed by atoms with Gasteiger partial charge < -0.3 is 4.74 Å². The zero-order valence-electron chi connectivity index (χ0n) is 18.0. The van der Waals surface area contributed by atoms with Crippen LogP contribution in [0.2, 0.25) is 5.02 Å². The highest BCUT2D eigenvalue weighted by atomic mass is 35.5. The standard InChI is InChI=1S/C24H18ClNO3S5/c1-13(2)21(23(28)29-17-9-5-15(6-10-17)18-12-20(30)34-33-18)26-22(27)19(32-24(26)31)11-14-3-7-16(25)8-4-14/h3-13,21H,1-2H3/b19-11-. The highest BCUT2D eigenvalue weighted by molar-refractivity contribution is 8.26. The smallest absolute Gasteiger partial charge is 0.334 e. The monoisotopic (exact) mass is 563 g/mol. The lowest BCUT2D eigenvalue weighted by molar-refractivity contribution is -0.144. The molecule has 10 heteroatoms. The van der Waals surface area contributed by atoms with Gasteiger partial charge in [-0.25, -0.2) is 4.79 Å². The summed E-state index contributed by atoms with van der Waals surface area (Å²) in [4.78, 5) is 29.2. The number of thioether (sulfide) groups is 1. The number of hydrogen-bond acceptors (Lipinski definition) is 8. The summed E-state index contributed by atoms with van der Waals surface area (Å²) in [5.41, 5.74) is 1.82. The first-order valence-electron chi connectivity index (χ1n) is 10.2. The molecular formula is C24H18ClNO3S5. The van der Waals surface area contributed by atoms with E-state index in [0.717, 1.165) is 19.8 Å². The van der Waals surface area contributed by atoms with E-state index < -0.39 is 12.0 Å². The minimum Gasteiger partial charge on any atom is -0.425 e. The number of rotatable bonds is 6. The average molecular weight is 564 g/mol. The first-order chi connectivity index (χ1) is 16.2. The summed E-state index contributed by atoms with van der Waals surface area (Å²) in [6, 6.07) is 15.5. The molecule has 1 aromatic heterocycles. The van der Waals surface area contributed by atoms with Gasteiger partial charge in [-0.05, 0) is 65.6 Å². The van der Waals surface area contributed by atoms with Crippen LogP contribution in [0.3, 0.4) is 0 Å². The summed E-state index contributed by atoms with van der Waals surface area (Å²) < 4.78 is 6.82. The summed E-state index contributed by atoms with van der Waals surface area (Å²) >= 11 is 17.8. The Balaban J connectivity index is 1.52. The van der Waals surface area contributed by atoms with E-state index in [-0.39, 0.29) is 11.8 Å². The van der Waals surface area contributed by atoms with E-state index in [4.69, 9.17) is 40.8 Å². The van der Waals surface area contributed by atoms with Crippen molar-refractivity contribution in [2.24, 2.45) is 5.92 Å². The highest BCUT2D eigenvalue weighted by Gasteiger charge is 2.42. The van der Waals surface area contributed by atoms with E-state index in [2.05, 4.69) is 0 Å². The van der Waals surface area contributed by atoms with Crippen molar-refractivity contribution >= 4 is 90.8 Å². The lowest BCUT2D eigenvalue weighted by Gasteiger charge is -2.28. The van der Waals surface area contributed by atoms with Gasteiger partial charge >= 0.3 is 5.97 Å². The van der Waals surface area contributed by atoms with Crippen molar-refractivity contribution in [1.29, 1.82) is 0 Å². The molecule has 1 aliphatic heterocycles. The Kier molecular flexibility index (Phi) is 8.01. The Morgan fingerprint density at radius 1 is 1.06 bits per heavy atom. The Labute approximate surface area is 224 Å². The summed E-state index contributed by atoms with van der Waals surface area (Å²) in [6.45, 7) is 3.72. The highest BCUT2D eigenvalue weighted by Crippen LogP contribution is 2.36. The number of nitrogens with zero attached hydrogens (tertiary/aromatic N) is 1. The van der Waals surface area contributed by atoms with Crippen LogP contribution in [0.25, 0.3) is 16.5 Å². The van der Waals surface area contributed by atoms with E-state index in [0.29, 0.717) is 20.0 Å². The molecule has 0 N–H and O–H groups in total. The Hall–Kier alpha value is -1.88. The molecule has 0 bridgehead atoms. The van der Waals surface area contributed by atoms with Gasteiger partial charge in [-0.3, -0.25) is 9.69 Å². The molecule has 1 unspecified atom stereocenters. The molecule has 0 spiro atoms. The molecule has 4 nitrogen and oxygen atoms in total. The number of halogens is 1. The summed E-state index contributed by atoms with van der Waals surface area (Å²) in [5.74, 6) is -0.643. The Morgan fingerprint density at radius 2 is 1.74 bits per heavy atom. The largest absolute Gasteiger partial charge is 0.425 e. The molecule has 3 aromatic rings. The van der Waals surface area contributed by atoms with Crippen molar-refractivity contribution in [3.8, 4) is 16.2 Å². The van der Waals surface area contributed by atoms with Gasteiger partial charge in [0.1, 0.15) is 19.9 Å². The first-order valence-corrected chi connectivity index (χ1v) is 14.3. The van der Waals surface area contributed by atoms with Gasteiger partial charge in [-0.1, -0.05) is 94.5 Å². The third-order valence-corrected chi connectivity index (χ3v) is 9.45. The molecule has 1 amide bonds. The van der Waals surface area contributed by atoms with Crippen LogP contribution in [0.15, 0.2) is 59.5 Å². The molecule has 1 fully saturated rings. The lowest BCUT2D eigenvalue weighted by atomic mass is 10.0. The second-order valence-electron chi connectivity index (χ2n) is 7.73. The zero-order chi connectivity index (χ0) is 24.4. The normalized spacial score (nSPS) is 15.9. The predicted octanol–water partition coefficient (Wildman–Crippen LogP) is 7.69. The minimum atomic E-state index is -0.842. The van der Waals surface area contributed by atoms with Crippen LogP contribution in [0, 0.1) is 9.74 Å². The SMILES string of the molecule is CC(C)C(C(=O)Oc1ccc(-c2cc(=S)ss2)cc1)N1C(=O)/C(=C/c2ccc(Cl)cc2)SC1=S. The number of hydrogen-bond donors (Lipinski definition) is 0. The fourth-order valence-corrected chi connectivity index (χ4v) is 7.20. The van der Waals surface area contributed by atoms with Gasteiger partial charge in [0.25, 0.3) is 5.91 Å². The minimum absolute atomic E-state index is 0.206. The molecule has 4 rings (SSSR count). The van der Waals surface area contributed by atoms with Crippen molar-refractivity contribution in [2.45, 2.75) is 19.9 Å². The van der Waals surface area contributed by atoms with E-state index in [1.54, 1.807) is 51.0 Å². The number of amides is 1. The van der Waals surface area contributed by atoms with Crippen LogP contribution in [0.5, 0.6) is 5.75 Å². The van der Waals surface area contributed by atoms with Crippen molar-refractivity contribution < 1.29 is 14.3 Å². The van der Waals surface area contributed by atoms with Crippen LogP contribution in [0.4, 0.5) is 0 Å². The van der Waals surface area contributed by atoms with Crippen LogP contribution in [-0.4, -0.2) is 27.1 Å². The number of benzene rings is 2.